The summed E-state index contributed by atoms with van der Waals surface area (Å²) in [6.45, 7) is 3.11. The highest BCUT2D eigenvalue weighted by Gasteiger charge is 2.32. The van der Waals surface area contributed by atoms with E-state index in [1.807, 2.05) is 12.1 Å². The number of esters is 1. The van der Waals surface area contributed by atoms with Gasteiger partial charge in [-0.15, -0.1) is 0 Å². The summed E-state index contributed by atoms with van der Waals surface area (Å²) in [5.74, 6) is -0.764. The number of amides is 1. The van der Waals surface area contributed by atoms with Crippen LogP contribution in [0.15, 0.2) is 59.4 Å². The van der Waals surface area contributed by atoms with Gasteiger partial charge in [0, 0.05) is 18.5 Å². The number of benzene rings is 2. The van der Waals surface area contributed by atoms with Crippen LogP contribution in [-0.4, -0.2) is 41.5 Å². The molecule has 3 aromatic rings. The molecule has 7 heteroatoms. The number of carbonyl (C=O) groups excluding carboxylic acids is 2. The Balaban J connectivity index is 1.48. The van der Waals surface area contributed by atoms with Crippen molar-refractivity contribution in [1.82, 2.24) is 9.88 Å². The molecule has 33 heavy (non-hydrogen) atoms. The SMILES string of the molecule is CCOC(=O)CC(c1ccc(F)cc1)C1CCN(C(=O)c2cc3ccccc3c(=O)[nH]2)CC1. The lowest BCUT2D eigenvalue weighted by atomic mass is 9.78. The molecule has 1 unspecified atom stereocenters. The van der Waals surface area contributed by atoms with Gasteiger partial charge in [0.1, 0.15) is 11.5 Å². The van der Waals surface area contributed by atoms with E-state index >= 15 is 0 Å². The molecular formula is C26H27FN2O4. The van der Waals surface area contributed by atoms with E-state index in [9.17, 15) is 18.8 Å². The number of halogens is 1. The molecule has 0 radical (unpaired) electrons. The van der Waals surface area contributed by atoms with Crippen molar-refractivity contribution in [2.75, 3.05) is 19.7 Å². The zero-order valence-electron chi connectivity index (χ0n) is 18.6. The average molecular weight is 451 g/mol. The highest BCUT2D eigenvalue weighted by Crippen LogP contribution is 2.36. The Hall–Kier alpha value is -3.48. The Bertz CT molecular complexity index is 1200. The number of rotatable bonds is 6. The van der Waals surface area contributed by atoms with Crippen LogP contribution in [0.3, 0.4) is 0 Å². The van der Waals surface area contributed by atoms with Crippen molar-refractivity contribution in [3.63, 3.8) is 0 Å². The molecule has 172 valence electrons. The van der Waals surface area contributed by atoms with Gasteiger partial charge in [-0.05, 0) is 66.8 Å². The predicted molar refractivity (Wildman–Crippen MR) is 124 cm³/mol. The van der Waals surface area contributed by atoms with Crippen LogP contribution in [-0.2, 0) is 9.53 Å². The van der Waals surface area contributed by atoms with Crippen LogP contribution in [0.2, 0.25) is 0 Å². The molecule has 2 heterocycles. The van der Waals surface area contributed by atoms with Crippen molar-refractivity contribution in [2.45, 2.75) is 32.1 Å². The summed E-state index contributed by atoms with van der Waals surface area (Å²) in [6.07, 6.45) is 1.62. The maximum Gasteiger partial charge on any atom is 0.306 e. The summed E-state index contributed by atoms with van der Waals surface area (Å²) in [7, 11) is 0. The maximum absolute atomic E-state index is 13.4. The number of fused-ring (bicyclic) bond motifs is 1. The van der Waals surface area contributed by atoms with E-state index in [0.29, 0.717) is 37.9 Å². The van der Waals surface area contributed by atoms with Gasteiger partial charge in [-0.25, -0.2) is 4.39 Å². The number of likely N-dealkylation sites (tertiary alicyclic amines) is 1. The normalized spacial score (nSPS) is 15.4. The Labute approximate surface area is 191 Å². The molecule has 0 aliphatic carbocycles. The Morgan fingerprint density at radius 3 is 2.52 bits per heavy atom. The molecule has 0 saturated carbocycles. The number of nitrogens with zero attached hydrogens (tertiary/aromatic N) is 1. The quantitative estimate of drug-likeness (QED) is 0.569. The second-order valence-electron chi connectivity index (χ2n) is 8.40. The fourth-order valence-corrected chi connectivity index (χ4v) is 4.67. The number of aromatic nitrogens is 1. The van der Waals surface area contributed by atoms with Gasteiger partial charge in [0.05, 0.1) is 13.0 Å². The maximum atomic E-state index is 13.4. The molecule has 1 atom stereocenters. The predicted octanol–water partition coefficient (Wildman–Crippen LogP) is 4.26. The number of aromatic amines is 1. The lowest BCUT2D eigenvalue weighted by Crippen LogP contribution is -2.40. The van der Waals surface area contributed by atoms with Gasteiger partial charge >= 0.3 is 5.97 Å². The third kappa shape index (κ3) is 5.13. The monoisotopic (exact) mass is 450 g/mol. The molecule has 1 saturated heterocycles. The van der Waals surface area contributed by atoms with E-state index < -0.39 is 0 Å². The second-order valence-corrected chi connectivity index (χ2v) is 8.40. The van der Waals surface area contributed by atoms with Gasteiger partial charge in [0.25, 0.3) is 11.5 Å². The first-order chi connectivity index (χ1) is 16.0. The van der Waals surface area contributed by atoms with Crippen molar-refractivity contribution in [3.8, 4) is 0 Å². The lowest BCUT2D eigenvalue weighted by Gasteiger charge is -2.36. The number of hydrogen-bond acceptors (Lipinski definition) is 4. The fourth-order valence-electron chi connectivity index (χ4n) is 4.67. The zero-order valence-corrected chi connectivity index (χ0v) is 18.6. The minimum Gasteiger partial charge on any atom is -0.466 e. The van der Waals surface area contributed by atoms with Gasteiger partial charge in [0.2, 0.25) is 0 Å². The minimum absolute atomic E-state index is 0.109. The molecule has 0 spiro atoms. The summed E-state index contributed by atoms with van der Waals surface area (Å²) in [6, 6.07) is 15.1. The number of pyridine rings is 1. The Morgan fingerprint density at radius 2 is 1.82 bits per heavy atom. The van der Waals surface area contributed by atoms with E-state index in [1.165, 1.54) is 12.1 Å². The van der Waals surface area contributed by atoms with Crippen LogP contribution in [0.1, 0.15) is 48.2 Å². The first-order valence-corrected chi connectivity index (χ1v) is 11.3. The zero-order chi connectivity index (χ0) is 23.4. The summed E-state index contributed by atoms with van der Waals surface area (Å²) in [4.78, 5) is 42.1. The standard InChI is InChI=1S/C26H27FN2O4/c1-2-33-24(30)16-22(17-7-9-20(27)10-8-17)18-11-13-29(14-12-18)26(32)23-15-19-5-3-4-6-21(19)25(31)28-23/h3-10,15,18,22H,2,11-14,16H2,1H3,(H,28,31). The molecule has 1 aromatic heterocycles. The summed E-state index contributed by atoms with van der Waals surface area (Å²) >= 11 is 0. The smallest absolute Gasteiger partial charge is 0.306 e. The molecule has 1 N–H and O–H groups in total. The number of nitrogens with one attached hydrogen (secondary N) is 1. The van der Waals surface area contributed by atoms with Gasteiger partial charge in [-0.3, -0.25) is 14.4 Å². The third-order valence-corrected chi connectivity index (χ3v) is 6.37. The molecule has 1 aliphatic heterocycles. The average Bonchev–Trinajstić information content (AvgIpc) is 2.83. The van der Waals surface area contributed by atoms with E-state index in [0.717, 1.165) is 10.9 Å². The van der Waals surface area contributed by atoms with Crippen LogP contribution in [0.5, 0.6) is 0 Å². The number of H-pyrrole nitrogens is 1. The molecule has 2 aromatic carbocycles. The van der Waals surface area contributed by atoms with E-state index in [4.69, 9.17) is 4.74 Å². The number of piperidine rings is 1. The van der Waals surface area contributed by atoms with Crippen LogP contribution in [0, 0.1) is 11.7 Å². The van der Waals surface area contributed by atoms with Crippen molar-refractivity contribution < 1.29 is 18.7 Å². The van der Waals surface area contributed by atoms with E-state index in [1.54, 1.807) is 42.2 Å². The van der Waals surface area contributed by atoms with Crippen LogP contribution in [0.25, 0.3) is 10.8 Å². The van der Waals surface area contributed by atoms with Crippen LogP contribution in [0.4, 0.5) is 4.39 Å². The lowest BCUT2D eigenvalue weighted by molar-refractivity contribution is -0.144. The number of ether oxygens (including phenoxy) is 1. The van der Waals surface area contributed by atoms with Crippen molar-refractivity contribution >= 4 is 22.6 Å². The van der Waals surface area contributed by atoms with Gasteiger partial charge in [-0.2, -0.15) is 0 Å². The van der Waals surface area contributed by atoms with Crippen molar-refractivity contribution in [2.24, 2.45) is 5.92 Å². The van der Waals surface area contributed by atoms with Crippen LogP contribution >= 0.6 is 0 Å². The summed E-state index contributed by atoms with van der Waals surface area (Å²) in [5, 5.41) is 1.28. The molecule has 4 rings (SSSR count). The highest BCUT2D eigenvalue weighted by molar-refractivity contribution is 5.96. The van der Waals surface area contributed by atoms with Gasteiger partial charge in [0.15, 0.2) is 0 Å². The van der Waals surface area contributed by atoms with Crippen molar-refractivity contribution in [1.29, 1.82) is 0 Å². The largest absolute Gasteiger partial charge is 0.466 e. The fraction of sp³-hybridized carbons (Fsp3) is 0.346. The number of hydrogen-bond donors (Lipinski definition) is 1. The Kier molecular flexibility index (Phi) is 6.87. The second kappa shape index (κ2) is 9.98. The minimum atomic E-state index is -0.321. The molecule has 1 fully saturated rings. The first kappa shape index (κ1) is 22.7. The topological polar surface area (TPSA) is 79.5 Å². The highest BCUT2D eigenvalue weighted by atomic mass is 19.1. The van der Waals surface area contributed by atoms with E-state index in [-0.39, 0.29) is 47.2 Å². The molecule has 0 bridgehead atoms. The first-order valence-electron chi connectivity index (χ1n) is 11.3. The number of carbonyl (C=O) groups is 2. The third-order valence-electron chi connectivity index (χ3n) is 6.37. The van der Waals surface area contributed by atoms with Crippen LogP contribution < -0.4 is 5.56 Å². The molecule has 1 aliphatic rings. The van der Waals surface area contributed by atoms with E-state index in [2.05, 4.69) is 4.98 Å². The van der Waals surface area contributed by atoms with Gasteiger partial charge in [-0.1, -0.05) is 30.3 Å². The summed E-state index contributed by atoms with van der Waals surface area (Å²) in [5.41, 5.74) is 0.893. The summed E-state index contributed by atoms with van der Waals surface area (Å²) < 4.78 is 18.6. The van der Waals surface area contributed by atoms with Gasteiger partial charge < -0.3 is 14.6 Å². The molecule has 6 nitrogen and oxygen atoms in total. The molecular weight excluding hydrogens is 423 g/mol. The molecule has 1 amide bonds. The van der Waals surface area contributed by atoms with Crippen molar-refractivity contribution in [3.05, 3.63) is 82.0 Å². The Morgan fingerprint density at radius 1 is 1.12 bits per heavy atom.